The van der Waals surface area contributed by atoms with Crippen LogP contribution in [0, 0.1) is 29.1 Å². The smallest absolute Gasteiger partial charge is 0.240 e. The van der Waals surface area contributed by atoms with Gasteiger partial charge in [0.2, 0.25) is 5.91 Å². The molecule has 5 fully saturated rings. The van der Waals surface area contributed by atoms with E-state index in [4.69, 9.17) is 15.3 Å². The van der Waals surface area contributed by atoms with E-state index in [2.05, 4.69) is 80.3 Å². The molecule has 4 N–H and O–H groups in total. The van der Waals surface area contributed by atoms with Crippen molar-refractivity contribution in [3.63, 3.8) is 0 Å². The van der Waals surface area contributed by atoms with Gasteiger partial charge in [0.05, 0.1) is 25.9 Å². The zero-order valence-electron chi connectivity index (χ0n) is 30.2. The number of hydrogen-bond acceptors (Lipinski definition) is 8. The number of ether oxygens (including phenoxy) is 1. The number of nitrogens with two attached hydrogens (primary N) is 1. The van der Waals surface area contributed by atoms with Gasteiger partial charge in [-0.05, 0) is 98.2 Å². The van der Waals surface area contributed by atoms with Gasteiger partial charge >= 0.3 is 0 Å². The maximum atomic E-state index is 14.2. The minimum absolute atomic E-state index is 0.0935. The lowest BCUT2D eigenvalue weighted by Gasteiger charge is -2.62. The first-order chi connectivity index (χ1) is 22.9. The van der Waals surface area contributed by atoms with Crippen molar-refractivity contribution in [3.05, 3.63) is 47.5 Å². The minimum atomic E-state index is -0.768. The number of anilines is 1. The molecule has 2 aliphatic heterocycles. The Morgan fingerprint density at radius 1 is 1.15 bits per heavy atom. The SMILES string of the molecule is COc1c(CN2O[C@@H](CN)[C@H]([C@H](C)O)[C@H]2C(=O)N[C@H]2C[C@H]3C[C@@H]([C@@H]2C)C3(C)C)cccc1-c1cc(CN2CCCCC2)cc(N(C)C)c1. The molecule has 1 amide bonds. The van der Waals surface area contributed by atoms with Crippen LogP contribution in [0.1, 0.15) is 70.9 Å². The molecule has 0 unspecified atom stereocenters. The number of aliphatic hydroxyl groups is 1. The summed E-state index contributed by atoms with van der Waals surface area (Å²) in [6, 6.07) is 12.4. The molecular weight excluding hydrogens is 602 g/mol. The number of aliphatic hydroxyl groups excluding tert-OH is 1. The van der Waals surface area contributed by atoms with Gasteiger partial charge in [-0.3, -0.25) is 14.5 Å². The summed E-state index contributed by atoms with van der Waals surface area (Å²) in [4.78, 5) is 25.4. The Hall–Kier alpha value is -2.69. The fraction of sp³-hybridized carbons (Fsp3) is 0.667. The second kappa shape index (κ2) is 14.3. The number of hydroxylamine groups is 2. The lowest BCUT2D eigenvalue weighted by molar-refractivity contribution is -0.175. The fourth-order valence-corrected chi connectivity index (χ4v) is 9.43. The lowest BCUT2D eigenvalue weighted by Crippen LogP contribution is -2.62. The van der Waals surface area contributed by atoms with E-state index in [0.29, 0.717) is 29.7 Å². The number of benzene rings is 2. The zero-order chi connectivity index (χ0) is 34.3. The first-order valence-corrected chi connectivity index (χ1v) is 18.2. The van der Waals surface area contributed by atoms with Crippen molar-refractivity contribution >= 4 is 11.6 Å². The summed E-state index contributed by atoms with van der Waals surface area (Å²) in [6.07, 6.45) is 4.83. The maximum absolute atomic E-state index is 14.2. The monoisotopic (exact) mass is 661 g/mol. The number of hydrogen-bond donors (Lipinski definition) is 3. The van der Waals surface area contributed by atoms with Gasteiger partial charge in [0, 0.05) is 56.0 Å². The number of carbonyl (C=O) groups is 1. The molecule has 9 nitrogen and oxygen atoms in total. The van der Waals surface area contributed by atoms with E-state index in [9.17, 15) is 9.90 Å². The molecule has 2 bridgehead atoms. The van der Waals surface area contributed by atoms with E-state index in [-0.39, 0.29) is 18.5 Å². The number of carbonyl (C=O) groups excluding carboxylic acids is 1. The number of rotatable bonds is 11. The Labute approximate surface area is 288 Å². The number of nitrogens with zero attached hydrogens (tertiary/aromatic N) is 3. The lowest BCUT2D eigenvalue weighted by atomic mass is 9.45. The van der Waals surface area contributed by atoms with E-state index in [1.165, 1.54) is 31.2 Å². The molecule has 264 valence electrons. The van der Waals surface area contributed by atoms with Crippen LogP contribution in [0.2, 0.25) is 0 Å². The highest BCUT2D eigenvalue weighted by Crippen LogP contribution is 2.61. The number of likely N-dealkylation sites (tertiary alicyclic amines) is 1. The molecule has 2 aromatic rings. The van der Waals surface area contributed by atoms with E-state index in [1.54, 1.807) is 19.1 Å². The van der Waals surface area contributed by atoms with E-state index < -0.39 is 24.2 Å². The Morgan fingerprint density at radius 3 is 2.52 bits per heavy atom. The van der Waals surface area contributed by atoms with Crippen LogP contribution in [0.5, 0.6) is 5.75 Å². The summed E-state index contributed by atoms with van der Waals surface area (Å²) in [5, 5.41) is 16.1. The van der Waals surface area contributed by atoms with Gasteiger partial charge in [-0.1, -0.05) is 45.4 Å². The molecule has 0 aromatic heterocycles. The van der Waals surface area contributed by atoms with Crippen LogP contribution in [0.3, 0.4) is 0 Å². The van der Waals surface area contributed by atoms with Crippen molar-refractivity contribution in [1.82, 2.24) is 15.3 Å². The molecule has 2 saturated heterocycles. The molecule has 0 spiro atoms. The largest absolute Gasteiger partial charge is 0.496 e. The molecule has 5 aliphatic rings. The van der Waals surface area contributed by atoms with Crippen molar-refractivity contribution in [1.29, 1.82) is 0 Å². The highest BCUT2D eigenvalue weighted by atomic mass is 16.7. The number of fused-ring (bicyclic) bond motifs is 2. The first kappa shape index (κ1) is 35.1. The van der Waals surface area contributed by atoms with Gasteiger partial charge in [-0.2, -0.15) is 5.06 Å². The molecule has 7 rings (SSSR count). The second-order valence-electron chi connectivity index (χ2n) is 15.9. The normalized spacial score (nSPS) is 30.8. The number of amides is 1. The Kier molecular flexibility index (Phi) is 10.5. The molecule has 0 radical (unpaired) electrons. The van der Waals surface area contributed by atoms with Crippen LogP contribution in [-0.4, -0.2) is 86.1 Å². The molecule has 8 atom stereocenters. The molecule has 2 aromatic carbocycles. The van der Waals surface area contributed by atoms with Gasteiger partial charge in [0.15, 0.2) is 0 Å². The van der Waals surface area contributed by atoms with Crippen molar-refractivity contribution in [2.45, 2.75) is 97.2 Å². The predicted octanol–water partition coefficient (Wildman–Crippen LogP) is 5.04. The molecule has 3 saturated carbocycles. The van der Waals surface area contributed by atoms with Crippen LogP contribution < -0.4 is 20.7 Å². The summed E-state index contributed by atoms with van der Waals surface area (Å²) < 4.78 is 6.15. The standard InChI is InChI=1S/C39H59N5O4/c1-24-32-19-29(39(32,3)4)20-33(24)41-38(46)36-35(25(2)45)34(21-40)48-44(36)23-27-12-11-13-31(37(27)47-7)28-16-26(17-30(18-28)42(5)6)22-43-14-9-8-10-15-43/h11-13,16-18,24-25,29,32-36,45H,8-10,14-15,19-23,40H2,1-7H3,(H,41,46)/t24-,25-,29+,32-,33-,34-,35-,36-/m0/s1. The summed E-state index contributed by atoms with van der Waals surface area (Å²) in [5.41, 5.74) is 12.0. The number of nitrogens with one attached hydrogen (secondary N) is 1. The van der Waals surface area contributed by atoms with Crippen LogP contribution in [0.15, 0.2) is 36.4 Å². The summed E-state index contributed by atoms with van der Waals surface area (Å²) >= 11 is 0. The van der Waals surface area contributed by atoms with Crippen molar-refractivity contribution in [2.24, 2.45) is 34.8 Å². The Bertz CT molecular complexity index is 1440. The van der Waals surface area contributed by atoms with Crippen LogP contribution in [-0.2, 0) is 22.7 Å². The average molecular weight is 662 g/mol. The van der Waals surface area contributed by atoms with Crippen LogP contribution >= 0.6 is 0 Å². The van der Waals surface area contributed by atoms with Gasteiger partial charge < -0.3 is 25.8 Å². The van der Waals surface area contributed by atoms with Gasteiger partial charge in [0.1, 0.15) is 11.8 Å². The quantitative estimate of drug-likeness (QED) is 0.308. The van der Waals surface area contributed by atoms with Crippen LogP contribution in [0.25, 0.3) is 11.1 Å². The number of methoxy groups -OCH3 is 1. The molecule has 3 aliphatic carbocycles. The van der Waals surface area contributed by atoms with Crippen molar-refractivity contribution in [2.75, 3.05) is 45.7 Å². The highest BCUT2D eigenvalue weighted by molar-refractivity contribution is 5.83. The molecule has 48 heavy (non-hydrogen) atoms. The van der Waals surface area contributed by atoms with E-state index in [0.717, 1.165) is 54.2 Å². The third kappa shape index (κ3) is 6.73. The minimum Gasteiger partial charge on any atom is -0.496 e. The van der Waals surface area contributed by atoms with Gasteiger partial charge in [-0.25, -0.2) is 0 Å². The van der Waals surface area contributed by atoms with Crippen molar-refractivity contribution in [3.8, 4) is 16.9 Å². The van der Waals surface area contributed by atoms with Crippen molar-refractivity contribution < 1.29 is 19.5 Å². The Balaban J connectivity index is 1.28. The Morgan fingerprint density at radius 2 is 1.90 bits per heavy atom. The molecule has 2 heterocycles. The first-order valence-electron chi connectivity index (χ1n) is 18.2. The summed E-state index contributed by atoms with van der Waals surface area (Å²) in [7, 11) is 5.87. The number of para-hydroxylation sites is 1. The van der Waals surface area contributed by atoms with Gasteiger partial charge in [-0.15, -0.1) is 0 Å². The molecule has 9 heteroatoms. The van der Waals surface area contributed by atoms with Gasteiger partial charge in [0.25, 0.3) is 0 Å². The van der Waals surface area contributed by atoms with E-state index >= 15 is 0 Å². The topological polar surface area (TPSA) is 104 Å². The zero-order valence-corrected chi connectivity index (χ0v) is 30.2. The third-order valence-electron chi connectivity index (χ3n) is 12.4. The third-order valence-corrected chi connectivity index (χ3v) is 12.4. The average Bonchev–Trinajstić information content (AvgIpc) is 3.44. The highest BCUT2D eigenvalue weighted by Gasteiger charge is 2.57. The van der Waals surface area contributed by atoms with Crippen LogP contribution in [0.4, 0.5) is 5.69 Å². The summed E-state index contributed by atoms with van der Waals surface area (Å²) in [6.45, 7) is 12.5. The number of piperidine rings is 1. The second-order valence-corrected chi connectivity index (χ2v) is 15.9. The van der Waals surface area contributed by atoms with E-state index in [1.807, 2.05) is 6.07 Å². The maximum Gasteiger partial charge on any atom is 0.240 e. The predicted molar refractivity (Wildman–Crippen MR) is 191 cm³/mol. The fourth-order valence-electron chi connectivity index (χ4n) is 9.43. The summed E-state index contributed by atoms with van der Waals surface area (Å²) in [5.74, 6) is 1.85. The molecular formula is C39H59N5O4.